The van der Waals surface area contributed by atoms with E-state index in [1.54, 1.807) is 92.7 Å². The van der Waals surface area contributed by atoms with Crippen LogP contribution in [0.2, 0.25) is 0 Å². The minimum atomic E-state index is -3.68. The molecule has 35 heavy (non-hydrogen) atoms. The van der Waals surface area contributed by atoms with E-state index in [4.69, 9.17) is 4.74 Å². The second kappa shape index (κ2) is 11.2. The van der Waals surface area contributed by atoms with E-state index in [2.05, 4.69) is 4.72 Å². The molecule has 0 fully saturated rings. The number of hydrogen-bond acceptors (Lipinski definition) is 5. The number of hydrogen-bond donors (Lipinski definition) is 3. The maximum absolute atomic E-state index is 12.5. The third-order valence-corrected chi connectivity index (χ3v) is 6.89. The lowest BCUT2D eigenvalue weighted by atomic mass is 9.85. The number of benzene rings is 3. The molecular formula is C27H29NO6S. The molecule has 3 N–H and O–H groups in total. The van der Waals surface area contributed by atoms with Crippen LogP contribution < -0.4 is 9.46 Å². The zero-order valence-electron chi connectivity index (χ0n) is 19.6. The lowest BCUT2D eigenvalue weighted by Gasteiger charge is -2.19. The predicted molar refractivity (Wildman–Crippen MR) is 136 cm³/mol. The zero-order chi connectivity index (χ0) is 25.5. The number of ether oxygens (including phenoxy) is 1. The van der Waals surface area contributed by atoms with E-state index in [1.807, 2.05) is 0 Å². The first-order chi connectivity index (χ1) is 16.6. The summed E-state index contributed by atoms with van der Waals surface area (Å²) in [5.74, 6) is -0.315. The van der Waals surface area contributed by atoms with Gasteiger partial charge >= 0.3 is 5.97 Å². The molecule has 0 spiro atoms. The van der Waals surface area contributed by atoms with Crippen molar-refractivity contribution >= 4 is 27.8 Å². The maximum atomic E-state index is 12.5. The van der Waals surface area contributed by atoms with E-state index in [0.29, 0.717) is 23.4 Å². The second-order valence-corrected chi connectivity index (χ2v) is 10.2. The van der Waals surface area contributed by atoms with Gasteiger partial charge in [-0.3, -0.25) is 9.52 Å². The van der Waals surface area contributed by atoms with Crippen molar-refractivity contribution in [2.75, 3.05) is 11.3 Å². The van der Waals surface area contributed by atoms with E-state index in [-0.39, 0.29) is 11.5 Å². The van der Waals surface area contributed by atoms with Gasteiger partial charge in [0.25, 0.3) is 10.0 Å². The summed E-state index contributed by atoms with van der Waals surface area (Å²) in [6, 6.07) is 21.9. The van der Waals surface area contributed by atoms with Crippen molar-refractivity contribution in [1.82, 2.24) is 0 Å². The van der Waals surface area contributed by atoms with Crippen molar-refractivity contribution in [3.63, 3.8) is 0 Å². The quantitative estimate of drug-likeness (QED) is 0.356. The Morgan fingerprint density at radius 1 is 1.03 bits per heavy atom. The lowest BCUT2D eigenvalue weighted by molar-refractivity contribution is -0.142. The minimum absolute atomic E-state index is 0.177. The predicted octanol–water partition coefficient (Wildman–Crippen LogP) is 4.69. The topological polar surface area (TPSA) is 113 Å². The average Bonchev–Trinajstić information content (AvgIpc) is 2.83. The van der Waals surface area contributed by atoms with Crippen molar-refractivity contribution < 1.29 is 28.2 Å². The molecule has 1 atom stereocenters. The molecule has 0 saturated carbocycles. The van der Waals surface area contributed by atoms with Crippen LogP contribution in [0.5, 0.6) is 5.75 Å². The number of nitrogens with one attached hydrogen (secondary N) is 1. The van der Waals surface area contributed by atoms with Crippen LogP contribution in [0.25, 0.3) is 6.08 Å². The summed E-state index contributed by atoms with van der Waals surface area (Å²) in [5, 5.41) is 19.6. The van der Waals surface area contributed by atoms with Gasteiger partial charge in [0, 0.05) is 12.1 Å². The van der Waals surface area contributed by atoms with Crippen LogP contribution in [-0.4, -0.2) is 37.3 Å². The molecule has 3 aromatic carbocycles. The first kappa shape index (κ1) is 26.0. The van der Waals surface area contributed by atoms with Crippen LogP contribution in [-0.2, 0) is 20.2 Å². The second-order valence-electron chi connectivity index (χ2n) is 8.56. The summed E-state index contributed by atoms with van der Waals surface area (Å²) < 4.78 is 33.2. The molecule has 0 aliphatic rings. The molecule has 8 heteroatoms. The molecule has 7 nitrogen and oxygen atoms in total. The molecular weight excluding hydrogens is 466 g/mol. The molecule has 184 valence electrons. The van der Waals surface area contributed by atoms with Crippen molar-refractivity contribution in [3.8, 4) is 5.75 Å². The van der Waals surface area contributed by atoms with E-state index >= 15 is 0 Å². The average molecular weight is 496 g/mol. The van der Waals surface area contributed by atoms with E-state index in [1.165, 1.54) is 12.1 Å². The number of carboxylic acid groups (broad SMARTS) is 1. The number of carbonyl (C=O) groups is 1. The zero-order valence-corrected chi connectivity index (χ0v) is 20.4. The summed E-state index contributed by atoms with van der Waals surface area (Å²) in [5.41, 5.74) is 0.838. The van der Waals surface area contributed by atoms with E-state index in [0.717, 1.165) is 5.56 Å². The molecule has 0 bridgehead atoms. The number of carboxylic acids is 1. The number of aliphatic hydroxyl groups is 1. The van der Waals surface area contributed by atoms with E-state index < -0.39 is 27.5 Å². The number of aliphatic hydroxyl groups excluding tert-OH is 1. The van der Waals surface area contributed by atoms with Gasteiger partial charge in [-0.2, -0.15) is 0 Å². The highest BCUT2D eigenvalue weighted by atomic mass is 32.2. The van der Waals surface area contributed by atoms with Crippen LogP contribution in [0.3, 0.4) is 0 Å². The van der Waals surface area contributed by atoms with Gasteiger partial charge in [0.05, 0.1) is 23.0 Å². The highest BCUT2D eigenvalue weighted by Crippen LogP contribution is 2.25. The summed E-state index contributed by atoms with van der Waals surface area (Å²) in [7, 11) is -3.68. The Hall–Kier alpha value is -3.62. The SMILES string of the molecule is CC(C)(C(=O)O)c1ccc(OCC[C@@H](O)/C=C/c2cccc(NS(=O)(=O)c3ccccc3)c2)cc1. The first-order valence-electron chi connectivity index (χ1n) is 11.1. The highest BCUT2D eigenvalue weighted by molar-refractivity contribution is 7.92. The Bertz CT molecular complexity index is 1270. The molecule has 0 saturated heterocycles. The van der Waals surface area contributed by atoms with E-state index in [9.17, 15) is 23.4 Å². The fraction of sp³-hybridized carbons (Fsp3) is 0.222. The highest BCUT2D eigenvalue weighted by Gasteiger charge is 2.29. The smallest absolute Gasteiger partial charge is 0.313 e. The van der Waals surface area contributed by atoms with Gasteiger partial charge in [0.2, 0.25) is 0 Å². The van der Waals surface area contributed by atoms with Crippen LogP contribution in [0.15, 0.2) is 89.8 Å². The monoisotopic (exact) mass is 495 g/mol. The van der Waals surface area contributed by atoms with Crippen molar-refractivity contribution in [1.29, 1.82) is 0 Å². The van der Waals surface area contributed by atoms with Crippen molar-refractivity contribution in [2.24, 2.45) is 0 Å². The third kappa shape index (κ3) is 7.18. The third-order valence-electron chi connectivity index (χ3n) is 5.50. The maximum Gasteiger partial charge on any atom is 0.313 e. The van der Waals surface area contributed by atoms with Crippen molar-refractivity contribution in [3.05, 3.63) is 96.1 Å². The van der Waals surface area contributed by atoms with Crippen LogP contribution >= 0.6 is 0 Å². The lowest BCUT2D eigenvalue weighted by Crippen LogP contribution is -2.28. The largest absolute Gasteiger partial charge is 0.493 e. The molecule has 0 heterocycles. The Balaban J connectivity index is 1.52. The summed E-state index contributed by atoms with van der Waals surface area (Å²) in [6.07, 6.45) is 2.92. The molecule has 3 aromatic rings. The Morgan fingerprint density at radius 2 is 1.71 bits per heavy atom. The van der Waals surface area contributed by atoms with Gasteiger partial charge in [-0.15, -0.1) is 0 Å². The summed E-state index contributed by atoms with van der Waals surface area (Å²) in [4.78, 5) is 11.5. The molecule has 0 amide bonds. The van der Waals surface area contributed by atoms with Gasteiger partial charge in [-0.25, -0.2) is 8.42 Å². The number of anilines is 1. The number of rotatable bonds is 11. The van der Waals surface area contributed by atoms with Crippen LogP contribution in [0.4, 0.5) is 5.69 Å². The van der Waals surface area contributed by atoms with Crippen LogP contribution in [0, 0.1) is 0 Å². The fourth-order valence-corrected chi connectivity index (χ4v) is 4.30. The Morgan fingerprint density at radius 3 is 2.37 bits per heavy atom. The normalized spacial score (nSPS) is 12.9. The van der Waals surface area contributed by atoms with Gasteiger partial charge in [-0.05, 0) is 61.4 Å². The first-order valence-corrected chi connectivity index (χ1v) is 12.6. The summed E-state index contributed by atoms with van der Waals surface area (Å²) >= 11 is 0. The molecule has 3 rings (SSSR count). The number of aliphatic carboxylic acids is 1. The Kier molecular flexibility index (Phi) is 8.32. The van der Waals surface area contributed by atoms with Gasteiger partial charge < -0.3 is 14.9 Å². The molecule has 0 aliphatic heterocycles. The minimum Gasteiger partial charge on any atom is -0.493 e. The molecule has 0 unspecified atom stereocenters. The molecule has 0 aliphatic carbocycles. The van der Waals surface area contributed by atoms with Crippen LogP contribution in [0.1, 0.15) is 31.4 Å². The number of sulfonamides is 1. The fourth-order valence-electron chi connectivity index (χ4n) is 3.23. The summed E-state index contributed by atoms with van der Waals surface area (Å²) in [6.45, 7) is 3.55. The van der Waals surface area contributed by atoms with Gasteiger partial charge in [0.15, 0.2) is 0 Å². The van der Waals surface area contributed by atoms with Gasteiger partial charge in [0.1, 0.15) is 5.75 Å². The standard InChI is InChI=1S/C27H29NO6S/c1-27(2,26(30)31)21-12-15-24(16-13-21)34-18-17-23(29)14-11-20-7-6-8-22(19-20)28-35(32,33)25-9-4-3-5-10-25/h3-16,19,23,28-29H,17-18H2,1-2H3,(H,30,31)/b14-11+/t23-/m0/s1. The van der Waals surface area contributed by atoms with Gasteiger partial charge in [-0.1, -0.05) is 54.6 Å². The molecule has 0 radical (unpaired) electrons. The molecule has 0 aromatic heterocycles. The Labute approximate surface area is 205 Å². The van der Waals surface area contributed by atoms with Crippen molar-refractivity contribution in [2.45, 2.75) is 36.7 Å².